The van der Waals surface area contributed by atoms with E-state index >= 15 is 0 Å². The fourth-order valence-corrected chi connectivity index (χ4v) is 0.898. The van der Waals surface area contributed by atoms with E-state index in [4.69, 9.17) is 0 Å². The maximum absolute atomic E-state index is 10.3. The lowest BCUT2D eigenvalue weighted by Crippen LogP contribution is -1.83. The molecule has 0 rings (SSSR count). The molecule has 0 unspecified atom stereocenters. The van der Waals surface area contributed by atoms with Crippen molar-refractivity contribution < 1.29 is 9.59 Å². The Hall–Kier alpha value is -1.18. The first-order valence-electron chi connectivity index (χ1n) is 5.68. The smallest absolute Gasteiger partial charge is 0.152 e. The van der Waals surface area contributed by atoms with E-state index in [1.165, 1.54) is 0 Å². The van der Waals surface area contributed by atoms with Gasteiger partial charge in [0.25, 0.3) is 0 Å². The summed E-state index contributed by atoms with van der Waals surface area (Å²) in [6.45, 7) is 11.1. The van der Waals surface area contributed by atoms with Crippen LogP contribution in [0.2, 0.25) is 0 Å². The highest BCUT2D eigenvalue weighted by atomic mass is 16.1. The Morgan fingerprint density at radius 3 is 1.06 bits per heavy atom. The summed E-state index contributed by atoms with van der Waals surface area (Å²) in [5.74, 6) is 0.286. The third-order valence-electron chi connectivity index (χ3n) is 2.01. The van der Waals surface area contributed by atoms with Crippen molar-refractivity contribution in [2.24, 2.45) is 0 Å². The average Bonchev–Trinajstić information content (AvgIpc) is 2.16. The van der Waals surface area contributed by atoms with Gasteiger partial charge in [0.1, 0.15) is 0 Å². The predicted molar refractivity (Wildman–Crippen MR) is 69.5 cm³/mol. The summed E-state index contributed by atoms with van der Waals surface area (Å²) in [5, 5.41) is 0. The molecule has 0 saturated heterocycles. The summed E-state index contributed by atoms with van der Waals surface area (Å²) in [7, 11) is 0. The second-order valence-corrected chi connectivity index (χ2v) is 3.91. The van der Waals surface area contributed by atoms with E-state index in [0.29, 0.717) is 0 Å². The Kier molecular flexibility index (Phi) is 11.1. The molecule has 0 bridgehead atoms. The van der Waals surface area contributed by atoms with Crippen molar-refractivity contribution in [1.29, 1.82) is 0 Å². The third-order valence-corrected chi connectivity index (χ3v) is 2.01. The van der Waals surface area contributed by atoms with Gasteiger partial charge in [0.05, 0.1) is 0 Å². The molecule has 0 radical (unpaired) electrons. The second kappa shape index (κ2) is 10.3. The van der Waals surface area contributed by atoms with Crippen LogP contribution in [0.25, 0.3) is 0 Å². The van der Waals surface area contributed by atoms with Crippen molar-refractivity contribution in [3.8, 4) is 0 Å². The van der Waals surface area contributed by atoms with Crippen LogP contribution in [-0.4, -0.2) is 11.6 Å². The molecule has 0 saturated carbocycles. The van der Waals surface area contributed by atoms with Gasteiger partial charge >= 0.3 is 0 Å². The van der Waals surface area contributed by atoms with E-state index in [9.17, 15) is 9.59 Å². The molecule has 0 aromatic rings. The summed E-state index contributed by atoms with van der Waals surface area (Å²) in [5.41, 5.74) is 2.30. The highest BCUT2D eigenvalue weighted by molar-refractivity contribution is 5.88. The molecule has 0 spiro atoms. The van der Waals surface area contributed by atoms with Crippen LogP contribution in [0.5, 0.6) is 0 Å². The number of carbonyl (C=O) groups is 2. The average molecular weight is 224 g/mol. The molecular weight excluding hydrogens is 200 g/mol. The van der Waals surface area contributed by atoms with Crippen LogP contribution in [0, 0.1) is 0 Å². The van der Waals surface area contributed by atoms with Gasteiger partial charge in [-0.2, -0.15) is 0 Å². The van der Waals surface area contributed by atoms with Crippen LogP contribution in [0.1, 0.15) is 54.4 Å². The summed E-state index contributed by atoms with van der Waals surface area (Å²) in [6, 6.07) is 0. The molecule has 2 heteroatoms. The molecule has 0 atom stereocenters. The van der Waals surface area contributed by atoms with Crippen molar-refractivity contribution >= 4 is 11.6 Å². The van der Waals surface area contributed by atoms with Gasteiger partial charge in [0, 0.05) is 0 Å². The van der Waals surface area contributed by atoms with E-state index in [1.807, 2.05) is 27.7 Å². The van der Waals surface area contributed by atoms with E-state index in [1.54, 1.807) is 26.0 Å². The highest BCUT2D eigenvalue weighted by Crippen LogP contribution is 1.96. The van der Waals surface area contributed by atoms with E-state index in [2.05, 4.69) is 0 Å². The first-order chi connectivity index (χ1) is 7.33. The Morgan fingerprint density at radius 2 is 1.00 bits per heavy atom. The normalized spacial score (nSPS) is 11.6. The van der Waals surface area contributed by atoms with Crippen LogP contribution < -0.4 is 0 Å². The van der Waals surface area contributed by atoms with Gasteiger partial charge < -0.3 is 0 Å². The monoisotopic (exact) mass is 224 g/mol. The Bertz CT molecular complexity index is 253. The second-order valence-electron chi connectivity index (χ2n) is 3.91. The Balaban J connectivity index is 0. The van der Waals surface area contributed by atoms with Gasteiger partial charge in [0.2, 0.25) is 0 Å². The van der Waals surface area contributed by atoms with Crippen LogP contribution in [0.15, 0.2) is 23.3 Å². The number of allylic oxidation sites excluding steroid dienone is 4. The van der Waals surface area contributed by atoms with Crippen LogP contribution in [-0.2, 0) is 9.59 Å². The molecule has 0 amide bonds. The van der Waals surface area contributed by atoms with Crippen LogP contribution in [0.4, 0.5) is 0 Å². The predicted octanol–water partition coefficient (Wildman–Crippen LogP) is 3.86. The van der Waals surface area contributed by atoms with Crippen molar-refractivity contribution in [2.45, 2.75) is 54.4 Å². The van der Waals surface area contributed by atoms with Crippen LogP contribution >= 0.6 is 0 Å². The zero-order chi connectivity index (χ0) is 13.1. The van der Waals surface area contributed by atoms with Gasteiger partial charge in [-0.05, 0) is 52.7 Å². The molecular formula is C14H24O2. The van der Waals surface area contributed by atoms with Crippen molar-refractivity contribution in [3.05, 3.63) is 23.3 Å². The topological polar surface area (TPSA) is 34.1 Å². The summed E-state index contributed by atoms with van der Waals surface area (Å²) in [6.07, 6.45) is 5.28. The molecule has 92 valence electrons. The lowest BCUT2D eigenvalue weighted by atomic mass is 10.2. The van der Waals surface area contributed by atoms with Gasteiger partial charge in [-0.3, -0.25) is 9.59 Å². The minimum absolute atomic E-state index is 0.143. The van der Waals surface area contributed by atoms with Crippen LogP contribution in [0.3, 0.4) is 0 Å². The maximum Gasteiger partial charge on any atom is 0.152 e. The largest absolute Gasteiger partial charge is 0.295 e. The van der Waals surface area contributed by atoms with Crippen molar-refractivity contribution in [1.82, 2.24) is 0 Å². The van der Waals surface area contributed by atoms with E-state index in [0.717, 1.165) is 24.0 Å². The fourth-order valence-electron chi connectivity index (χ4n) is 0.898. The number of hydrogen-bond acceptors (Lipinski definition) is 2. The van der Waals surface area contributed by atoms with E-state index in [-0.39, 0.29) is 11.6 Å². The SMILES string of the molecule is CC/C(C)=C/C(C)=O.CC/C(C)=C\C(C)=O. The molecule has 0 fully saturated rings. The first kappa shape index (κ1) is 17.2. The van der Waals surface area contributed by atoms with E-state index < -0.39 is 0 Å². The number of ketones is 2. The van der Waals surface area contributed by atoms with Gasteiger partial charge in [-0.15, -0.1) is 0 Å². The van der Waals surface area contributed by atoms with Gasteiger partial charge in [-0.25, -0.2) is 0 Å². The molecule has 16 heavy (non-hydrogen) atoms. The molecule has 2 nitrogen and oxygen atoms in total. The Morgan fingerprint density at radius 1 is 0.750 bits per heavy atom. The lowest BCUT2D eigenvalue weighted by Gasteiger charge is -1.88. The summed E-state index contributed by atoms with van der Waals surface area (Å²) < 4.78 is 0. The minimum atomic E-state index is 0.143. The lowest BCUT2D eigenvalue weighted by molar-refractivity contribution is -0.113. The van der Waals surface area contributed by atoms with Crippen molar-refractivity contribution in [2.75, 3.05) is 0 Å². The number of rotatable bonds is 4. The molecule has 0 heterocycles. The maximum atomic E-state index is 10.3. The van der Waals surface area contributed by atoms with Gasteiger partial charge in [-0.1, -0.05) is 25.0 Å². The number of hydrogen-bond donors (Lipinski definition) is 0. The molecule has 0 aliphatic rings. The quantitative estimate of drug-likeness (QED) is 0.679. The molecule has 0 aromatic heterocycles. The molecule has 0 N–H and O–H groups in total. The summed E-state index contributed by atoms with van der Waals surface area (Å²) >= 11 is 0. The molecule has 0 aliphatic heterocycles. The molecule has 0 aromatic carbocycles. The van der Waals surface area contributed by atoms with Gasteiger partial charge in [0.15, 0.2) is 11.6 Å². The third kappa shape index (κ3) is 15.3. The Labute approximate surface area is 99.4 Å². The fraction of sp³-hybridized carbons (Fsp3) is 0.571. The zero-order valence-corrected chi connectivity index (χ0v) is 11.4. The summed E-state index contributed by atoms with van der Waals surface area (Å²) in [4.78, 5) is 20.7. The standard InChI is InChI=1S/2C7H12O/c2*1-4-6(2)5-7(3)8/h2*5H,4H2,1-3H3/b6-5+;6-5-. The minimum Gasteiger partial charge on any atom is -0.295 e. The molecule has 0 aliphatic carbocycles. The highest BCUT2D eigenvalue weighted by Gasteiger charge is 1.86. The van der Waals surface area contributed by atoms with Crippen molar-refractivity contribution in [3.63, 3.8) is 0 Å². The zero-order valence-electron chi connectivity index (χ0n) is 11.4. The first-order valence-corrected chi connectivity index (χ1v) is 5.68. The number of carbonyl (C=O) groups excluding carboxylic acids is 2.